The summed E-state index contributed by atoms with van der Waals surface area (Å²) in [5.74, 6) is 0.929. The molecule has 0 spiro atoms. The van der Waals surface area contributed by atoms with Crippen molar-refractivity contribution in [2.75, 3.05) is 13.7 Å². The van der Waals surface area contributed by atoms with Gasteiger partial charge in [-0.15, -0.1) is 0 Å². The van der Waals surface area contributed by atoms with Gasteiger partial charge in [0.1, 0.15) is 6.61 Å². The maximum atomic E-state index is 11.3. The van der Waals surface area contributed by atoms with Crippen LogP contribution in [0.5, 0.6) is 0 Å². The van der Waals surface area contributed by atoms with E-state index in [0.717, 1.165) is 25.7 Å². The van der Waals surface area contributed by atoms with Crippen LogP contribution in [0.25, 0.3) is 0 Å². The lowest BCUT2D eigenvalue weighted by Gasteiger charge is -2.27. The number of allylic oxidation sites excluding steroid dienone is 3. The number of hydrogen-bond donors (Lipinski definition) is 0. The third-order valence-electron chi connectivity index (χ3n) is 5.67. The Kier molecular flexibility index (Phi) is 6.30. The monoisotopic (exact) mass is 360 g/mol. The normalized spacial score (nSPS) is 32.2. The molecule has 3 rings (SSSR count). The molecule has 0 N–H and O–H groups in total. The molecule has 3 aliphatic rings. The molecular formula is C21H28O5. The molecule has 0 bridgehead atoms. The van der Waals surface area contributed by atoms with Crippen molar-refractivity contribution in [3.63, 3.8) is 0 Å². The van der Waals surface area contributed by atoms with E-state index in [1.165, 1.54) is 19.6 Å². The minimum Gasteiger partial charge on any atom is -0.469 e. The summed E-state index contributed by atoms with van der Waals surface area (Å²) in [6, 6.07) is 0. The van der Waals surface area contributed by atoms with E-state index in [1.807, 2.05) is 6.08 Å². The summed E-state index contributed by atoms with van der Waals surface area (Å²) in [5.41, 5.74) is 1.29. The standard InChI is InChI=1S/C21H28O5/c1-14(22)25-13-5-8-15-11-12-18-20(15)17-9-3-6-16(21(17)26-18)7-4-10-19(23)24-2/h3,5-6,8-9,15,17-18,20-21H,4,7,10-13H2,1-2H3/b8-5+/t15?,17?,18-,20-,21?/m0/s1. The fourth-order valence-corrected chi connectivity index (χ4v) is 4.54. The zero-order chi connectivity index (χ0) is 18.5. The van der Waals surface area contributed by atoms with Crippen molar-refractivity contribution in [1.29, 1.82) is 0 Å². The molecule has 2 fully saturated rings. The van der Waals surface area contributed by atoms with Crippen molar-refractivity contribution in [3.05, 3.63) is 36.0 Å². The van der Waals surface area contributed by atoms with Gasteiger partial charge in [-0.2, -0.15) is 0 Å². The van der Waals surface area contributed by atoms with Gasteiger partial charge in [0.05, 0.1) is 19.3 Å². The second-order valence-electron chi connectivity index (χ2n) is 7.28. The summed E-state index contributed by atoms with van der Waals surface area (Å²) in [5, 5.41) is 0. The van der Waals surface area contributed by atoms with Crippen LogP contribution in [0, 0.1) is 17.8 Å². The van der Waals surface area contributed by atoms with Crippen LogP contribution in [0.4, 0.5) is 0 Å². The number of carbonyl (C=O) groups excluding carboxylic acids is 2. The molecule has 0 radical (unpaired) electrons. The Morgan fingerprint density at radius 1 is 1.35 bits per heavy atom. The Hall–Kier alpha value is -1.88. The van der Waals surface area contributed by atoms with Gasteiger partial charge in [0.25, 0.3) is 0 Å². The lowest BCUT2D eigenvalue weighted by molar-refractivity contribution is -0.141. The van der Waals surface area contributed by atoms with E-state index in [4.69, 9.17) is 14.2 Å². The van der Waals surface area contributed by atoms with Gasteiger partial charge < -0.3 is 14.2 Å². The minimum absolute atomic E-state index is 0.136. The third kappa shape index (κ3) is 4.26. The zero-order valence-corrected chi connectivity index (χ0v) is 15.6. The van der Waals surface area contributed by atoms with E-state index in [1.54, 1.807) is 0 Å². The Balaban J connectivity index is 1.58. The van der Waals surface area contributed by atoms with E-state index < -0.39 is 0 Å². The number of rotatable bonds is 7. The van der Waals surface area contributed by atoms with E-state index in [-0.39, 0.29) is 18.0 Å². The second kappa shape index (κ2) is 8.67. The van der Waals surface area contributed by atoms with Crippen molar-refractivity contribution in [3.8, 4) is 0 Å². The lowest BCUT2D eigenvalue weighted by atomic mass is 9.77. The zero-order valence-electron chi connectivity index (χ0n) is 15.6. The van der Waals surface area contributed by atoms with Crippen LogP contribution < -0.4 is 0 Å². The van der Waals surface area contributed by atoms with Crippen LogP contribution in [0.15, 0.2) is 36.0 Å². The smallest absolute Gasteiger partial charge is 0.305 e. The maximum Gasteiger partial charge on any atom is 0.305 e. The van der Waals surface area contributed by atoms with Gasteiger partial charge in [0, 0.05) is 25.2 Å². The van der Waals surface area contributed by atoms with E-state index in [0.29, 0.717) is 36.9 Å². The first-order valence-electron chi connectivity index (χ1n) is 9.49. The first-order chi connectivity index (χ1) is 12.6. The topological polar surface area (TPSA) is 61.8 Å². The number of methoxy groups -OCH3 is 1. The average molecular weight is 360 g/mol. The number of ether oxygens (including phenoxy) is 3. The summed E-state index contributed by atoms with van der Waals surface area (Å²) in [7, 11) is 1.43. The molecule has 1 heterocycles. The molecule has 0 aromatic heterocycles. The van der Waals surface area contributed by atoms with Crippen LogP contribution in [-0.2, 0) is 23.8 Å². The summed E-state index contributed by atoms with van der Waals surface area (Å²) in [6.07, 6.45) is 15.4. The Labute approximate surface area is 155 Å². The molecule has 26 heavy (non-hydrogen) atoms. The Morgan fingerprint density at radius 2 is 2.19 bits per heavy atom. The van der Waals surface area contributed by atoms with E-state index >= 15 is 0 Å². The van der Waals surface area contributed by atoms with Crippen LogP contribution in [-0.4, -0.2) is 37.9 Å². The van der Waals surface area contributed by atoms with Crippen molar-refractivity contribution in [2.24, 2.45) is 17.8 Å². The van der Waals surface area contributed by atoms with Gasteiger partial charge in [-0.3, -0.25) is 9.59 Å². The van der Waals surface area contributed by atoms with E-state index in [2.05, 4.69) is 24.3 Å². The van der Waals surface area contributed by atoms with E-state index in [9.17, 15) is 9.59 Å². The summed E-state index contributed by atoms with van der Waals surface area (Å²) >= 11 is 0. The quantitative estimate of drug-likeness (QED) is 0.515. The molecular weight excluding hydrogens is 332 g/mol. The maximum absolute atomic E-state index is 11.3. The molecule has 5 heteroatoms. The number of fused-ring (bicyclic) bond motifs is 3. The highest BCUT2D eigenvalue weighted by atomic mass is 16.5. The van der Waals surface area contributed by atoms with Crippen molar-refractivity contribution < 1.29 is 23.8 Å². The lowest BCUT2D eigenvalue weighted by Crippen LogP contribution is -2.25. The van der Waals surface area contributed by atoms with Gasteiger partial charge in [0.15, 0.2) is 0 Å². The predicted molar refractivity (Wildman–Crippen MR) is 97.2 cm³/mol. The van der Waals surface area contributed by atoms with Gasteiger partial charge >= 0.3 is 11.9 Å². The molecule has 0 amide bonds. The van der Waals surface area contributed by atoms with Crippen molar-refractivity contribution in [1.82, 2.24) is 0 Å². The fraction of sp³-hybridized carbons (Fsp3) is 0.619. The highest BCUT2D eigenvalue weighted by Crippen LogP contribution is 2.50. The molecule has 2 aliphatic carbocycles. The van der Waals surface area contributed by atoms with Gasteiger partial charge in [0.2, 0.25) is 0 Å². The largest absolute Gasteiger partial charge is 0.469 e. The molecule has 3 unspecified atom stereocenters. The molecule has 5 nitrogen and oxygen atoms in total. The number of esters is 2. The van der Waals surface area contributed by atoms with Gasteiger partial charge in [-0.05, 0) is 37.2 Å². The molecule has 1 saturated carbocycles. The summed E-state index contributed by atoms with van der Waals surface area (Å²) < 4.78 is 16.1. The van der Waals surface area contributed by atoms with Crippen molar-refractivity contribution >= 4 is 11.9 Å². The summed E-state index contributed by atoms with van der Waals surface area (Å²) in [4.78, 5) is 22.2. The van der Waals surface area contributed by atoms with Crippen LogP contribution in [0.1, 0.15) is 39.0 Å². The number of hydrogen-bond acceptors (Lipinski definition) is 5. The number of carbonyl (C=O) groups is 2. The third-order valence-corrected chi connectivity index (χ3v) is 5.67. The fourth-order valence-electron chi connectivity index (χ4n) is 4.54. The van der Waals surface area contributed by atoms with Gasteiger partial charge in [-0.1, -0.05) is 30.4 Å². The van der Waals surface area contributed by atoms with Gasteiger partial charge in [-0.25, -0.2) is 0 Å². The van der Waals surface area contributed by atoms with Crippen LogP contribution in [0.3, 0.4) is 0 Å². The second-order valence-corrected chi connectivity index (χ2v) is 7.28. The highest BCUT2D eigenvalue weighted by Gasteiger charge is 2.50. The van der Waals surface area contributed by atoms with Crippen LogP contribution >= 0.6 is 0 Å². The molecule has 1 aliphatic heterocycles. The van der Waals surface area contributed by atoms with Crippen LogP contribution in [0.2, 0.25) is 0 Å². The molecule has 5 atom stereocenters. The average Bonchev–Trinajstić information content (AvgIpc) is 3.18. The summed E-state index contributed by atoms with van der Waals surface area (Å²) in [6.45, 7) is 1.77. The first-order valence-corrected chi connectivity index (χ1v) is 9.49. The van der Waals surface area contributed by atoms with Crippen molar-refractivity contribution in [2.45, 2.75) is 51.2 Å². The minimum atomic E-state index is -0.250. The SMILES string of the molecule is COC(=O)CCCC1=CC=CC2C1O[C@H]1CCC(/C=C/COC(C)=O)[C@@H]21. The molecule has 0 aromatic rings. The molecule has 1 saturated heterocycles. The Morgan fingerprint density at radius 3 is 2.96 bits per heavy atom. The predicted octanol–water partition coefficient (Wildman–Crippen LogP) is 3.36. The molecule has 0 aromatic carbocycles. The molecule has 142 valence electrons. The Bertz CT molecular complexity index is 618. The highest BCUT2D eigenvalue weighted by molar-refractivity contribution is 5.69. The first kappa shape index (κ1) is 18.9.